The summed E-state index contributed by atoms with van der Waals surface area (Å²) in [6.07, 6.45) is 3.53. The molecule has 104 valence electrons. The van der Waals surface area contributed by atoms with Crippen molar-refractivity contribution < 1.29 is 14.3 Å². The number of para-hydroxylation sites is 2. The van der Waals surface area contributed by atoms with E-state index in [1.165, 1.54) is 0 Å². The second-order valence-electron chi connectivity index (χ2n) is 4.97. The number of carbonyl (C=O) groups excluding carboxylic acids is 1. The number of ether oxygens (including phenoxy) is 2. The van der Waals surface area contributed by atoms with Gasteiger partial charge in [-0.15, -0.1) is 0 Å². The Hall–Kier alpha value is -1.75. The number of nitrogens with two attached hydrogens (primary N) is 1. The highest BCUT2D eigenvalue weighted by Gasteiger charge is 2.30. The number of benzene rings is 1. The highest BCUT2D eigenvalue weighted by molar-refractivity contribution is 5.86. The molecule has 1 amide bonds. The van der Waals surface area contributed by atoms with Gasteiger partial charge in [0.2, 0.25) is 0 Å². The van der Waals surface area contributed by atoms with Gasteiger partial charge in [-0.05, 0) is 25.0 Å². The van der Waals surface area contributed by atoms with Crippen LogP contribution in [0, 0.1) is 0 Å². The topological polar surface area (TPSA) is 73.6 Å². The lowest BCUT2D eigenvalue weighted by molar-refractivity contribution is 0.130. The van der Waals surface area contributed by atoms with Crippen molar-refractivity contribution in [2.75, 3.05) is 19.0 Å². The molecule has 2 rings (SSSR count). The first kappa shape index (κ1) is 13.7. The Labute approximate surface area is 113 Å². The van der Waals surface area contributed by atoms with Crippen molar-refractivity contribution in [3.05, 3.63) is 24.3 Å². The molecule has 5 nitrogen and oxygen atoms in total. The maximum atomic E-state index is 11.7. The number of methoxy groups -OCH3 is 1. The van der Waals surface area contributed by atoms with Crippen LogP contribution in [0.3, 0.4) is 0 Å². The molecule has 0 aliphatic heterocycles. The van der Waals surface area contributed by atoms with Crippen molar-refractivity contribution in [2.24, 2.45) is 5.73 Å². The van der Waals surface area contributed by atoms with Crippen molar-refractivity contribution in [1.29, 1.82) is 0 Å². The molecule has 5 heteroatoms. The van der Waals surface area contributed by atoms with Gasteiger partial charge < -0.3 is 15.2 Å². The van der Waals surface area contributed by atoms with Crippen LogP contribution in [0.4, 0.5) is 10.5 Å². The largest absolute Gasteiger partial charge is 0.495 e. The summed E-state index contributed by atoms with van der Waals surface area (Å²) in [5.74, 6) is 0.600. The molecule has 0 unspecified atom stereocenters. The predicted octanol–water partition coefficient (Wildman–Crippen LogP) is 2.52. The molecular weight excluding hydrogens is 244 g/mol. The third kappa shape index (κ3) is 3.61. The molecule has 0 heterocycles. The molecular formula is C14H20N2O3. The molecule has 3 N–H and O–H groups in total. The van der Waals surface area contributed by atoms with E-state index in [4.69, 9.17) is 15.2 Å². The van der Waals surface area contributed by atoms with Crippen molar-refractivity contribution >= 4 is 11.8 Å². The second-order valence-corrected chi connectivity index (χ2v) is 4.97. The lowest BCUT2D eigenvalue weighted by atomic mass is 10.0. The van der Waals surface area contributed by atoms with E-state index in [-0.39, 0.29) is 12.1 Å². The zero-order chi connectivity index (χ0) is 13.7. The molecule has 1 fully saturated rings. The molecule has 1 saturated carbocycles. The van der Waals surface area contributed by atoms with E-state index in [0.717, 1.165) is 25.7 Å². The van der Waals surface area contributed by atoms with Gasteiger partial charge in [-0.3, -0.25) is 5.32 Å². The molecule has 0 atom stereocenters. The first-order valence-corrected chi connectivity index (χ1v) is 6.49. The molecule has 1 aromatic carbocycles. The van der Waals surface area contributed by atoms with Crippen LogP contribution in [-0.4, -0.2) is 25.3 Å². The van der Waals surface area contributed by atoms with Crippen LogP contribution in [-0.2, 0) is 4.74 Å². The Morgan fingerprint density at radius 1 is 1.37 bits per heavy atom. The standard InChI is InChI=1S/C14H20N2O3/c1-18-12-7-3-2-6-11(12)16-13(17)19-10-14(15)8-4-5-9-14/h2-3,6-7H,4-5,8-10,15H2,1H3,(H,16,17). The number of hydrogen-bond donors (Lipinski definition) is 2. The van der Waals surface area contributed by atoms with Gasteiger partial charge in [0.25, 0.3) is 0 Å². The molecule has 0 bridgehead atoms. The van der Waals surface area contributed by atoms with E-state index in [1.54, 1.807) is 19.2 Å². The maximum Gasteiger partial charge on any atom is 0.411 e. The first-order valence-electron chi connectivity index (χ1n) is 6.49. The minimum absolute atomic E-state index is 0.258. The van der Waals surface area contributed by atoms with E-state index in [0.29, 0.717) is 11.4 Å². The zero-order valence-corrected chi connectivity index (χ0v) is 11.1. The number of rotatable bonds is 4. The summed E-state index contributed by atoms with van der Waals surface area (Å²) in [6, 6.07) is 7.19. The van der Waals surface area contributed by atoms with Gasteiger partial charge >= 0.3 is 6.09 Å². The summed E-state index contributed by atoms with van der Waals surface area (Å²) in [4.78, 5) is 11.7. The van der Waals surface area contributed by atoms with Crippen molar-refractivity contribution in [2.45, 2.75) is 31.2 Å². The Bertz CT molecular complexity index is 442. The van der Waals surface area contributed by atoms with Crippen molar-refractivity contribution in [1.82, 2.24) is 0 Å². The Balaban J connectivity index is 1.87. The predicted molar refractivity (Wildman–Crippen MR) is 73.4 cm³/mol. The summed E-state index contributed by atoms with van der Waals surface area (Å²) < 4.78 is 10.4. The lowest BCUT2D eigenvalue weighted by Crippen LogP contribution is -2.42. The smallest absolute Gasteiger partial charge is 0.411 e. The molecule has 0 saturated heterocycles. The van der Waals surface area contributed by atoms with Gasteiger partial charge in [0, 0.05) is 0 Å². The average molecular weight is 264 g/mol. The number of anilines is 1. The minimum Gasteiger partial charge on any atom is -0.495 e. The Kier molecular flexibility index (Phi) is 4.27. The quantitative estimate of drug-likeness (QED) is 0.876. The summed E-state index contributed by atoms with van der Waals surface area (Å²) in [6.45, 7) is 0.258. The molecule has 0 spiro atoms. The van der Waals surface area contributed by atoms with E-state index in [2.05, 4.69) is 5.32 Å². The first-order chi connectivity index (χ1) is 9.13. The number of hydrogen-bond acceptors (Lipinski definition) is 4. The summed E-state index contributed by atoms with van der Waals surface area (Å²) in [5, 5.41) is 2.66. The third-order valence-electron chi connectivity index (χ3n) is 3.43. The van der Waals surface area contributed by atoms with Crippen LogP contribution in [0.5, 0.6) is 5.75 Å². The SMILES string of the molecule is COc1ccccc1NC(=O)OCC1(N)CCCC1. The molecule has 19 heavy (non-hydrogen) atoms. The van der Waals surface area contributed by atoms with E-state index in [9.17, 15) is 4.79 Å². The number of nitrogens with one attached hydrogen (secondary N) is 1. The fourth-order valence-electron chi connectivity index (χ4n) is 2.33. The average Bonchev–Trinajstić information content (AvgIpc) is 2.85. The third-order valence-corrected chi connectivity index (χ3v) is 3.43. The van der Waals surface area contributed by atoms with E-state index in [1.807, 2.05) is 12.1 Å². The lowest BCUT2D eigenvalue weighted by Gasteiger charge is -2.22. The van der Waals surface area contributed by atoms with E-state index >= 15 is 0 Å². The zero-order valence-electron chi connectivity index (χ0n) is 11.1. The monoisotopic (exact) mass is 264 g/mol. The maximum absolute atomic E-state index is 11.7. The van der Waals surface area contributed by atoms with Gasteiger partial charge in [0.15, 0.2) is 0 Å². The van der Waals surface area contributed by atoms with Gasteiger partial charge in [0.1, 0.15) is 12.4 Å². The molecule has 0 aromatic heterocycles. The van der Waals surface area contributed by atoms with Crippen LogP contribution in [0.15, 0.2) is 24.3 Å². The fraction of sp³-hybridized carbons (Fsp3) is 0.500. The van der Waals surface area contributed by atoms with Crippen LogP contribution in [0.2, 0.25) is 0 Å². The summed E-state index contributed by atoms with van der Waals surface area (Å²) in [5.41, 5.74) is 6.37. The molecule has 0 radical (unpaired) electrons. The van der Waals surface area contributed by atoms with Crippen LogP contribution < -0.4 is 15.8 Å². The van der Waals surface area contributed by atoms with E-state index < -0.39 is 6.09 Å². The van der Waals surface area contributed by atoms with Crippen LogP contribution in [0.1, 0.15) is 25.7 Å². The van der Waals surface area contributed by atoms with Gasteiger partial charge in [-0.2, -0.15) is 0 Å². The molecule has 1 aromatic rings. The highest BCUT2D eigenvalue weighted by atomic mass is 16.5. The Morgan fingerprint density at radius 2 is 2.05 bits per heavy atom. The molecule has 1 aliphatic carbocycles. The van der Waals surface area contributed by atoms with Crippen molar-refractivity contribution in [3.63, 3.8) is 0 Å². The van der Waals surface area contributed by atoms with Gasteiger partial charge in [0.05, 0.1) is 18.3 Å². The Morgan fingerprint density at radius 3 is 2.74 bits per heavy atom. The van der Waals surface area contributed by atoms with Gasteiger partial charge in [-0.25, -0.2) is 4.79 Å². The summed E-state index contributed by atoms with van der Waals surface area (Å²) >= 11 is 0. The molecule has 1 aliphatic rings. The number of amides is 1. The number of carbonyl (C=O) groups is 1. The van der Waals surface area contributed by atoms with Crippen LogP contribution >= 0.6 is 0 Å². The van der Waals surface area contributed by atoms with Gasteiger partial charge in [-0.1, -0.05) is 25.0 Å². The second kappa shape index (κ2) is 5.93. The van der Waals surface area contributed by atoms with Crippen molar-refractivity contribution in [3.8, 4) is 5.75 Å². The minimum atomic E-state index is -0.499. The summed E-state index contributed by atoms with van der Waals surface area (Å²) in [7, 11) is 1.55. The highest BCUT2D eigenvalue weighted by Crippen LogP contribution is 2.28. The van der Waals surface area contributed by atoms with Crippen LogP contribution in [0.25, 0.3) is 0 Å². The normalized spacial score (nSPS) is 16.9. The fourth-order valence-corrected chi connectivity index (χ4v) is 2.33.